The molecule has 0 fully saturated rings. The Morgan fingerprint density at radius 1 is 0.292 bits per heavy atom. The summed E-state index contributed by atoms with van der Waals surface area (Å²) in [6.45, 7) is 6.68. The number of rotatable bonds is 54. The molecule has 0 aromatic carbocycles. The molecule has 0 aliphatic heterocycles. The van der Waals surface area contributed by atoms with Gasteiger partial charge in [0.1, 0.15) is 13.2 Å². The minimum atomic E-state index is -0.770. The highest BCUT2D eigenvalue weighted by molar-refractivity contribution is 5.71. The molecule has 1 atom stereocenters. The van der Waals surface area contributed by atoms with Gasteiger partial charge < -0.3 is 14.2 Å². The molecule has 0 heterocycles. The normalized spacial score (nSPS) is 12.0. The summed E-state index contributed by atoms with van der Waals surface area (Å²) < 4.78 is 16.9. The summed E-state index contributed by atoms with van der Waals surface area (Å²) in [6, 6.07) is 0. The zero-order valence-electron chi connectivity index (χ0n) is 44.0. The Balaban J connectivity index is 4.30. The van der Waals surface area contributed by atoms with Gasteiger partial charge in [0.05, 0.1) is 0 Å². The van der Waals surface area contributed by atoms with E-state index in [4.69, 9.17) is 14.2 Å². The van der Waals surface area contributed by atoms with Crippen LogP contribution in [0.5, 0.6) is 0 Å². The lowest BCUT2D eigenvalue weighted by molar-refractivity contribution is -0.167. The van der Waals surface area contributed by atoms with Gasteiger partial charge in [-0.1, -0.05) is 277 Å². The van der Waals surface area contributed by atoms with Gasteiger partial charge in [0.15, 0.2) is 6.10 Å². The van der Waals surface area contributed by atoms with E-state index in [-0.39, 0.29) is 31.1 Å². The van der Waals surface area contributed by atoms with E-state index in [1.54, 1.807) is 0 Å². The zero-order chi connectivity index (χ0) is 47.2. The zero-order valence-corrected chi connectivity index (χ0v) is 44.0. The van der Waals surface area contributed by atoms with Crippen LogP contribution in [0.1, 0.15) is 329 Å². The molecule has 0 rings (SSSR count). The summed E-state index contributed by atoms with van der Waals surface area (Å²) in [7, 11) is 0. The van der Waals surface area contributed by atoms with Crippen molar-refractivity contribution >= 4 is 17.9 Å². The van der Waals surface area contributed by atoms with Crippen LogP contribution in [-0.4, -0.2) is 37.2 Å². The number of carbonyl (C=O) groups is 3. The minimum absolute atomic E-state index is 0.0685. The summed E-state index contributed by atoms with van der Waals surface area (Å²) in [5, 5.41) is 0. The van der Waals surface area contributed by atoms with Crippen LogP contribution in [0.4, 0.5) is 0 Å². The molecule has 0 bridgehead atoms. The third kappa shape index (κ3) is 53.0. The third-order valence-electron chi connectivity index (χ3n) is 13.3. The highest BCUT2D eigenvalue weighted by Gasteiger charge is 2.19. The molecule has 65 heavy (non-hydrogen) atoms. The Labute approximate surface area is 405 Å². The molecule has 0 N–H and O–H groups in total. The smallest absolute Gasteiger partial charge is 0.306 e. The lowest BCUT2D eigenvalue weighted by Crippen LogP contribution is -2.30. The molecule has 0 saturated carbocycles. The average Bonchev–Trinajstić information content (AvgIpc) is 3.30. The van der Waals surface area contributed by atoms with E-state index in [9.17, 15) is 14.4 Å². The molecule has 6 nitrogen and oxygen atoms in total. The number of ether oxygens (including phenoxy) is 3. The van der Waals surface area contributed by atoms with Crippen LogP contribution in [0.2, 0.25) is 0 Å². The molecule has 0 aromatic heterocycles. The Hall–Kier alpha value is -1.85. The first-order valence-electron chi connectivity index (χ1n) is 29.2. The van der Waals surface area contributed by atoms with Crippen LogP contribution in [0.3, 0.4) is 0 Å². The van der Waals surface area contributed by atoms with Crippen LogP contribution < -0.4 is 0 Å². The molecule has 0 spiro atoms. The first-order valence-corrected chi connectivity index (χ1v) is 29.2. The van der Waals surface area contributed by atoms with E-state index in [2.05, 4.69) is 32.9 Å². The first-order chi connectivity index (χ1) is 32.0. The molecule has 0 saturated heterocycles. The standard InChI is InChI=1S/C59H112O6/c1-4-7-10-13-16-19-22-25-27-29-30-32-34-37-40-43-46-49-52-58(61)64-55-56(54-63-57(60)51-48-45-42-39-36-33-24-21-18-15-12-9-6-3)65-59(62)53-50-47-44-41-38-35-31-28-26-23-20-17-14-11-8-5-2/h33,36,56H,4-32,34-35,37-55H2,1-3H3/b36-33-. The Kier molecular flexibility index (Phi) is 53.2. The Bertz CT molecular complexity index is 1010. The van der Waals surface area contributed by atoms with Crippen molar-refractivity contribution in [1.29, 1.82) is 0 Å². The van der Waals surface area contributed by atoms with Gasteiger partial charge in [0.2, 0.25) is 0 Å². The van der Waals surface area contributed by atoms with Gasteiger partial charge in [0, 0.05) is 19.3 Å². The van der Waals surface area contributed by atoms with E-state index in [0.717, 1.165) is 64.2 Å². The molecule has 384 valence electrons. The van der Waals surface area contributed by atoms with Crippen molar-refractivity contribution in [2.45, 2.75) is 335 Å². The number of esters is 3. The van der Waals surface area contributed by atoms with Crippen LogP contribution in [0.15, 0.2) is 12.2 Å². The fourth-order valence-corrected chi connectivity index (χ4v) is 8.85. The maximum atomic E-state index is 12.8. The van der Waals surface area contributed by atoms with E-state index in [1.165, 1.54) is 225 Å². The highest BCUT2D eigenvalue weighted by Crippen LogP contribution is 2.17. The third-order valence-corrected chi connectivity index (χ3v) is 13.3. The second-order valence-electron chi connectivity index (χ2n) is 19.9. The molecular weight excluding hydrogens is 805 g/mol. The molecule has 0 aliphatic rings. The molecule has 0 radical (unpaired) electrons. The number of unbranched alkanes of at least 4 members (excludes halogenated alkanes) is 41. The second-order valence-corrected chi connectivity index (χ2v) is 19.9. The molecule has 6 heteroatoms. The van der Waals surface area contributed by atoms with Gasteiger partial charge in [-0.3, -0.25) is 14.4 Å². The van der Waals surface area contributed by atoms with Gasteiger partial charge in [-0.25, -0.2) is 0 Å². The number of hydrogen-bond acceptors (Lipinski definition) is 6. The van der Waals surface area contributed by atoms with Gasteiger partial charge in [-0.2, -0.15) is 0 Å². The lowest BCUT2D eigenvalue weighted by Gasteiger charge is -2.18. The van der Waals surface area contributed by atoms with Crippen LogP contribution in [-0.2, 0) is 28.6 Å². The Morgan fingerprint density at radius 2 is 0.508 bits per heavy atom. The van der Waals surface area contributed by atoms with Crippen LogP contribution in [0, 0.1) is 0 Å². The predicted molar refractivity (Wildman–Crippen MR) is 280 cm³/mol. The topological polar surface area (TPSA) is 78.9 Å². The summed E-state index contributed by atoms with van der Waals surface area (Å²) in [5.74, 6) is -0.860. The second kappa shape index (κ2) is 54.8. The maximum Gasteiger partial charge on any atom is 0.306 e. The van der Waals surface area contributed by atoms with Crippen molar-refractivity contribution in [1.82, 2.24) is 0 Å². The average molecular weight is 918 g/mol. The molecule has 1 unspecified atom stereocenters. The molecule has 0 aliphatic carbocycles. The van der Waals surface area contributed by atoms with Crippen molar-refractivity contribution < 1.29 is 28.6 Å². The number of allylic oxidation sites excluding steroid dienone is 2. The summed E-state index contributed by atoms with van der Waals surface area (Å²) >= 11 is 0. The summed E-state index contributed by atoms with van der Waals surface area (Å²) in [5.41, 5.74) is 0. The van der Waals surface area contributed by atoms with E-state index < -0.39 is 6.10 Å². The van der Waals surface area contributed by atoms with Crippen molar-refractivity contribution in [3.8, 4) is 0 Å². The Morgan fingerprint density at radius 3 is 0.785 bits per heavy atom. The van der Waals surface area contributed by atoms with Crippen molar-refractivity contribution in [3.05, 3.63) is 12.2 Å². The number of hydrogen-bond donors (Lipinski definition) is 0. The van der Waals surface area contributed by atoms with Crippen molar-refractivity contribution in [2.24, 2.45) is 0 Å². The molecular formula is C59H112O6. The number of carbonyl (C=O) groups excluding carboxylic acids is 3. The quantitative estimate of drug-likeness (QED) is 0.0262. The van der Waals surface area contributed by atoms with Crippen LogP contribution in [0.25, 0.3) is 0 Å². The summed E-state index contributed by atoms with van der Waals surface area (Å²) in [6.07, 6.45) is 62.0. The maximum absolute atomic E-state index is 12.8. The van der Waals surface area contributed by atoms with Gasteiger partial charge in [0.25, 0.3) is 0 Å². The van der Waals surface area contributed by atoms with E-state index in [1.807, 2.05) is 0 Å². The largest absolute Gasteiger partial charge is 0.462 e. The van der Waals surface area contributed by atoms with Gasteiger partial charge >= 0.3 is 17.9 Å². The highest BCUT2D eigenvalue weighted by atomic mass is 16.6. The predicted octanol–water partition coefficient (Wildman–Crippen LogP) is 19.3. The van der Waals surface area contributed by atoms with Gasteiger partial charge in [-0.15, -0.1) is 0 Å². The first kappa shape index (κ1) is 63.1. The SMILES string of the molecule is CCCCCCCC/C=C\CCCCCC(=O)OCC(COC(=O)CCCCCCCCCCCCCCCCCCCC)OC(=O)CCCCCCCCCCCCCCCCCC. The van der Waals surface area contributed by atoms with Crippen molar-refractivity contribution in [2.75, 3.05) is 13.2 Å². The molecule has 0 aromatic rings. The van der Waals surface area contributed by atoms with Crippen molar-refractivity contribution in [3.63, 3.8) is 0 Å². The lowest BCUT2D eigenvalue weighted by atomic mass is 10.0. The van der Waals surface area contributed by atoms with Gasteiger partial charge in [-0.05, 0) is 44.9 Å². The van der Waals surface area contributed by atoms with E-state index in [0.29, 0.717) is 19.3 Å². The fourth-order valence-electron chi connectivity index (χ4n) is 8.85. The minimum Gasteiger partial charge on any atom is -0.462 e. The van der Waals surface area contributed by atoms with E-state index >= 15 is 0 Å². The fraction of sp³-hybridized carbons (Fsp3) is 0.915. The summed E-state index contributed by atoms with van der Waals surface area (Å²) in [4.78, 5) is 38.1. The van der Waals surface area contributed by atoms with Crippen LogP contribution >= 0.6 is 0 Å². The monoisotopic (exact) mass is 917 g/mol. The molecule has 0 amide bonds.